The molecule has 0 radical (unpaired) electrons. The summed E-state index contributed by atoms with van der Waals surface area (Å²) in [6.07, 6.45) is 0. The van der Waals surface area contributed by atoms with Gasteiger partial charge in [0.15, 0.2) is 23.0 Å². The molecular formula is C25H25NO5S. The Kier molecular flexibility index (Phi) is 7.40. The van der Waals surface area contributed by atoms with Crippen LogP contribution in [-0.4, -0.2) is 32.0 Å². The van der Waals surface area contributed by atoms with Gasteiger partial charge in [0.2, 0.25) is 5.91 Å². The summed E-state index contributed by atoms with van der Waals surface area (Å²) in [4.78, 5) is 13.3. The van der Waals surface area contributed by atoms with Gasteiger partial charge in [-0.1, -0.05) is 36.4 Å². The fraction of sp³-hybridized carbons (Fsp3) is 0.240. The monoisotopic (exact) mass is 451 g/mol. The van der Waals surface area contributed by atoms with Crippen LogP contribution in [0.3, 0.4) is 0 Å². The minimum Gasteiger partial charge on any atom is -0.493 e. The van der Waals surface area contributed by atoms with E-state index < -0.39 is 0 Å². The molecule has 0 spiro atoms. The molecular weight excluding hydrogens is 426 g/mol. The van der Waals surface area contributed by atoms with E-state index in [0.29, 0.717) is 43.6 Å². The molecule has 6 nitrogen and oxygen atoms in total. The normalized spacial score (nSPS) is 12.2. The van der Waals surface area contributed by atoms with Gasteiger partial charge >= 0.3 is 0 Å². The molecule has 3 aromatic rings. The lowest BCUT2D eigenvalue weighted by molar-refractivity contribution is -0.118. The highest BCUT2D eigenvalue weighted by Crippen LogP contribution is 2.34. The van der Waals surface area contributed by atoms with Crippen LogP contribution in [0.25, 0.3) is 0 Å². The SMILES string of the molecule is COc1cc(CNC(=O)CSc2ccc3c(c2)OCCO3)ccc1OCc1ccccc1. The number of carbonyl (C=O) groups is 1. The highest BCUT2D eigenvalue weighted by Gasteiger charge is 2.13. The average Bonchev–Trinajstić information content (AvgIpc) is 2.85. The van der Waals surface area contributed by atoms with Gasteiger partial charge < -0.3 is 24.3 Å². The largest absolute Gasteiger partial charge is 0.493 e. The number of nitrogens with one attached hydrogen (secondary N) is 1. The van der Waals surface area contributed by atoms with Crippen LogP contribution in [0.15, 0.2) is 71.6 Å². The maximum atomic E-state index is 12.3. The number of ether oxygens (including phenoxy) is 4. The second-order valence-electron chi connectivity index (χ2n) is 7.13. The smallest absolute Gasteiger partial charge is 0.230 e. The number of hydrogen-bond donors (Lipinski definition) is 1. The summed E-state index contributed by atoms with van der Waals surface area (Å²) in [7, 11) is 1.61. The third kappa shape index (κ3) is 5.88. The maximum Gasteiger partial charge on any atom is 0.230 e. The molecule has 0 aliphatic carbocycles. The number of hydrogen-bond acceptors (Lipinski definition) is 6. The van der Waals surface area contributed by atoms with Gasteiger partial charge in [0, 0.05) is 11.4 Å². The zero-order valence-electron chi connectivity index (χ0n) is 17.8. The van der Waals surface area contributed by atoms with Gasteiger partial charge in [0.25, 0.3) is 0 Å². The van der Waals surface area contributed by atoms with Crippen molar-refractivity contribution in [2.75, 3.05) is 26.1 Å². The molecule has 1 amide bonds. The molecule has 0 atom stereocenters. The molecule has 4 rings (SSSR count). The first-order chi connectivity index (χ1) is 15.7. The Hall–Kier alpha value is -3.32. The molecule has 1 aliphatic rings. The minimum atomic E-state index is -0.0479. The fourth-order valence-electron chi connectivity index (χ4n) is 3.19. The van der Waals surface area contributed by atoms with Crippen LogP contribution in [0.4, 0.5) is 0 Å². The predicted octanol–water partition coefficient (Wildman–Crippen LogP) is 4.45. The molecule has 1 aliphatic heterocycles. The predicted molar refractivity (Wildman–Crippen MR) is 124 cm³/mol. The average molecular weight is 452 g/mol. The van der Waals surface area contributed by atoms with Crippen LogP contribution in [-0.2, 0) is 17.9 Å². The molecule has 0 aromatic heterocycles. The van der Waals surface area contributed by atoms with Crippen LogP contribution >= 0.6 is 11.8 Å². The number of thioether (sulfide) groups is 1. The van der Waals surface area contributed by atoms with Crippen LogP contribution in [0.1, 0.15) is 11.1 Å². The van der Waals surface area contributed by atoms with Gasteiger partial charge in [0.1, 0.15) is 19.8 Å². The highest BCUT2D eigenvalue weighted by molar-refractivity contribution is 8.00. The molecule has 3 aromatic carbocycles. The summed E-state index contributed by atoms with van der Waals surface area (Å²) in [6, 6.07) is 21.4. The van der Waals surface area contributed by atoms with E-state index in [2.05, 4.69) is 5.32 Å². The van der Waals surface area contributed by atoms with Crippen LogP contribution in [0.2, 0.25) is 0 Å². The molecule has 32 heavy (non-hydrogen) atoms. The molecule has 0 saturated carbocycles. The second kappa shape index (κ2) is 10.8. The van der Waals surface area contributed by atoms with Crippen molar-refractivity contribution >= 4 is 17.7 Å². The van der Waals surface area contributed by atoms with Gasteiger partial charge in [-0.15, -0.1) is 11.8 Å². The van der Waals surface area contributed by atoms with Crippen molar-refractivity contribution in [1.29, 1.82) is 0 Å². The molecule has 1 heterocycles. The Morgan fingerprint density at radius 3 is 2.56 bits per heavy atom. The first-order valence-corrected chi connectivity index (χ1v) is 11.3. The van der Waals surface area contributed by atoms with E-state index in [1.54, 1.807) is 7.11 Å². The van der Waals surface area contributed by atoms with E-state index in [0.717, 1.165) is 27.5 Å². The van der Waals surface area contributed by atoms with Crippen LogP contribution in [0, 0.1) is 0 Å². The van der Waals surface area contributed by atoms with E-state index in [-0.39, 0.29) is 5.91 Å². The van der Waals surface area contributed by atoms with E-state index in [9.17, 15) is 4.79 Å². The molecule has 7 heteroatoms. The number of amides is 1. The maximum absolute atomic E-state index is 12.3. The van der Waals surface area contributed by atoms with Gasteiger partial charge in [-0.3, -0.25) is 4.79 Å². The zero-order valence-corrected chi connectivity index (χ0v) is 18.7. The molecule has 0 bridgehead atoms. The number of rotatable bonds is 9. The molecule has 0 saturated heterocycles. The Morgan fingerprint density at radius 2 is 1.75 bits per heavy atom. The summed E-state index contributed by atoms with van der Waals surface area (Å²) in [5.74, 6) is 3.04. The Bertz CT molecular complexity index is 1060. The Morgan fingerprint density at radius 1 is 0.938 bits per heavy atom. The van der Waals surface area contributed by atoms with Crippen molar-refractivity contribution in [2.24, 2.45) is 0 Å². The first-order valence-electron chi connectivity index (χ1n) is 10.3. The third-order valence-electron chi connectivity index (χ3n) is 4.84. The molecule has 0 unspecified atom stereocenters. The van der Waals surface area contributed by atoms with Crippen LogP contribution < -0.4 is 24.3 Å². The number of methoxy groups -OCH3 is 1. The molecule has 0 fully saturated rings. The van der Waals surface area contributed by atoms with Crippen molar-refractivity contribution in [3.63, 3.8) is 0 Å². The summed E-state index contributed by atoms with van der Waals surface area (Å²) in [6.45, 7) is 1.98. The van der Waals surface area contributed by atoms with E-state index in [1.165, 1.54) is 11.8 Å². The Balaban J connectivity index is 1.27. The number of fused-ring (bicyclic) bond motifs is 1. The lowest BCUT2D eigenvalue weighted by Gasteiger charge is -2.18. The van der Waals surface area contributed by atoms with Gasteiger partial charge in [0.05, 0.1) is 12.9 Å². The van der Waals surface area contributed by atoms with Crippen molar-refractivity contribution < 1.29 is 23.7 Å². The lowest BCUT2D eigenvalue weighted by atomic mass is 10.2. The van der Waals surface area contributed by atoms with E-state index in [1.807, 2.05) is 66.7 Å². The summed E-state index contributed by atoms with van der Waals surface area (Å²) >= 11 is 1.46. The molecule has 166 valence electrons. The standard InChI is InChI=1S/C25H25NO5S/c1-28-23-13-19(7-9-21(23)31-16-18-5-3-2-4-6-18)15-26-25(27)17-32-20-8-10-22-24(14-20)30-12-11-29-22/h2-10,13-14H,11-12,15-17H2,1H3,(H,26,27). The van der Waals surface area contributed by atoms with Crippen LogP contribution in [0.5, 0.6) is 23.0 Å². The zero-order chi connectivity index (χ0) is 22.2. The van der Waals surface area contributed by atoms with Crippen molar-refractivity contribution in [1.82, 2.24) is 5.32 Å². The minimum absolute atomic E-state index is 0.0479. The van der Waals surface area contributed by atoms with Gasteiger partial charge in [-0.05, 0) is 41.5 Å². The van der Waals surface area contributed by atoms with Crippen molar-refractivity contribution in [3.05, 3.63) is 77.9 Å². The molecule has 1 N–H and O–H groups in total. The van der Waals surface area contributed by atoms with Crippen molar-refractivity contribution in [3.8, 4) is 23.0 Å². The lowest BCUT2D eigenvalue weighted by Crippen LogP contribution is -2.24. The van der Waals surface area contributed by atoms with Gasteiger partial charge in [-0.2, -0.15) is 0 Å². The van der Waals surface area contributed by atoms with Gasteiger partial charge in [-0.25, -0.2) is 0 Å². The topological polar surface area (TPSA) is 66.0 Å². The fourth-order valence-corrected chi connectivity index (χ4v) is 3.95. The summed E-state index contributed by atoms with van der Waals surface area (Å²) in [5.41, 5.74) is 2.02. The third-order valence-corrected chi connectivity index (χ3v) is 5.83. The second-order valence-corrected chi connectivity index (χ2v) is 8.18. The quantitative estimate of drug-likeness (QED) is 0.485. The van der Waals surface area contributed by atoms with E-state index in [4.69, 9.17) is 18.9 Å². The first kappa shape index (κ1) is 21.9. The summed E-state index contributed by atoms with van der Waals surface area (Å²) in [5, 5.41) is 2.95. The number of carbonyl (C=O) groups excluding carboxylic acids is 1. The summed E-state index contributed by atoms with van der Waals surface area (Å²) < 4.78 is 22.5. The van der Waals surface area contributed by atoms with E-state index >= 15 is 0 Å². The highest BCUT2D eigenvalue weighted by atomic mass is 32.2. The van der Waals surface area contributed by atoms with Crippen molar-refractivity contribution in [2.45, 2.75) is 18.0 Å². The number of benzene rings is 3. The Labute approximate surface area is 191 Å².